The molecule has 0 saturated carbocycles. The summed E-state index contributed by atoms with van der Waals surface area (Å²) in [4.78, 5) is 12.7. The standard InChI is InChI=1S/C11H8BrClF3NO/c12-6-3-10(18)17(5-6)9-2-1-7(13)4-8(9)11(14,15)16/h1-2,4,6H,3,5H2. The van der Waals surface area contributed by atoms with Crippen molar-refractivity contribution in [2.45, 2.75) is 17.4 Å². The molecule has 0 radical (unpaired) electrons. The second kappa shape index (κ2) is 4.74. The number of hydrogen-bond donors (Lipinski definition) is 0. The molecule has 0 spiro atoms. The van der Waals surface area contributed by atoms with E-state index in [9.17, 15) is 18.0 Å². The van der Waals surface area contributed by atoms with E-state index < -0.39 is 11.7 Å². The van der Waals surface area contributed by atoms with Gasteiger partial charge >= 0.3 is 6.18 Å². The Bertz CT molecular complexity index is 492. The van der Waals surface area contributed by atoms with Crippen LogP contribution < -0.4 is 4.90 Å². The van der Waals surface area contributed by atoms with Crippen LogP contribution in [-0.2, 0) is 11.0 Å². The van der Waals surface area contributed by atoms with Crippen molar-refractivity contribution in [2.24, 2.45) is 0 Å². The molecule has 1 aliphatic heterocycles. The van der Waals surface area contributed by atoms with Crippen LogP contribution in [0.3, 0.4) is 0 Å². The molecule has 1 aliphatic rings. The van der Waals surface area contributed by atoms with Gasteiger partial charge in [0.05, 0.1) is 11.3 Å². The molecule has 0 aliphatic carbocycles. The van der Waals surface area contributed by atoms with Crippen molar-refractivity contribution in [1.82, 2.24) is 0 Å². The Hall–Kier alpha value is -0.750. The minimum absolute atomic E-state index is 0.00638. The van der Waals surface area contributed by atoms with E-state index in [-0.39, 0.29) is 34.4 Å². The highest BCUT2D eigenvalue weighted by Crippen LogP contribution is 2.39. The molecule has 1 saturated heterocycles. The van der Waals surface area contributed by atoms with Crippen molar-refractivity contribution in [3.63, 3.8) is 0 Å². The number of amides is 1. The SMILES string of the molecule is O=C1CC(Br)CN1c1ccc(Cl)cc1C(F)(F)F. The summed E-state index contributed by atoms with van der Waals surface area (Å²) in [6.07, 6.45) is -4.34. The average molecular weight is 343 g/mol. The molecule has 2 nitrogen and oxygen atoms in total. The van der Waals surface area contributed by atoms with Gasteiger partial charge in [-0.15, -0.1) is 0 Å². The molecule has 7 heteroatoms. The molecule has 1 amide bonds. The summed E-state index contributed by atoms with van der Waals surface area (Å²) in [6, 6.07) is 3.42. The van der Waals surface area contributed by atoms with Gasteiger partial charge in [0.2, 0.25) is 5.91 Å². The molecule has 0 N–H and O–H groups in total. The predicted molar refractivity (Wildman–Crippen MR) is 66.1 cm³/mol. The average Bonchev–Trinajstić information content (AvgIpc) is 2.56. The number of alkyl halides is 4. The predicted octanol–water partition coefficient (Wildman–Crippen LogP) is 3.86. The molecule has 0 bridgehead atoms. The molecule has 1 unspecified atom stereocenters. The zero-order chi connectivity index (χ0) is 13.5. The van der Waals surface area contributed by atoms with Gasteiger partial charge in [-0.3, -0.25) is 4.79 Å². The van der Waals surface area contributed by atoms with Crippen molar-refractivity contribution in [3.8, 4) is 0 Å². The van der Waals surface area contributed by atoms with Gasteiger partial charge in [0.15, 0.2) is 0 Å². The van der Waals surface area contributed by atoms with Crippen LogP contribution in [0.2, 0.25) is 5.02 Å². The van der Waals surface area contributed by atoms with Gasteiger partial charge in [0, 0.05) is 22.8 Å². The number of hydrogen-bond acceptors (Lipinski definition) is 1. The highest BCUT2D eigenvalue weighted by molar-refractivity contribution is 9.09. The third-order valence-corrected chi connectivity index (χ3v) is 3.48. The van der Waals surface area contributed by atoms with Gasteiger partial charge in [-0.2, -0.15) is 13.2 Å². The number of carbonyl (C=O) groups is 1. The van der Waals surface area contributed by atoms with Crippen molar-refractivity contribution in [2.75, 3.05) is 11.4 Å². The van der Waals surface area contributed by atoms with Crippen LogP contribution in [0.4, 0.5) is 18.9 Å². The van der Waals surface area contributed by atoms with Gasteiger partial charge in [-0.05, 0) is 18.2 Å². The van der Waals surface area contributed by atoms with Gasteiger partial charge in [-0.25, -0.2) is 0 Å². The zero-order valence-corrected chi connectivity index (χ0v) is 11.3. The number of nitrogens with zero attached hydrogens (tertiary/aromatic N) is 1. The highest BCUT2D eigenvalue weighted by atomic mass is 79.9. The van der Waals surface area contributed by atoms with Gasteiger partial charge in [-0.1, -0.05) is 27.5 Å². The molecule has 1 fully saturated rings. The van der Waals surface area contributed by atoms with Gasteiger partial charge in [0.1, 0.15) is 0 Å². The monoisotopic (exact) mass is 341 g/mol. The highest BCUT2D eigenvalue weighted by Gasteiger charge is 2.38. The fourth-order valence-corrected chi connectivity index (χ4v) is 2.61. The number of halogens is 5. The first-order valence-electron chi connectivity index (χ1n) is 5.10. The fourth-order valence-electron chi connectivity index (χ4n) is 1.87. The third-order valence-electron chi connectivity index (χ3n) is 2.63. The summed E-state index contributed by atoms with van der Waals surface area (Å²) < 4.78 is 38.7. The molecule has 18 heavy (non-hydrogen) atoms. The van der Waals surface area contributed by atoms with E-state index in [1.54, 1.807) is 0 Å². The molecule has 1 heterocycles. The number of anilines is 1. The summed E-state index contributed by atoms with van der Waals surface area (Å²) >= 11 is 8.82. The quantitative estimate of drug-likeness (QED) is 0.710. The maximum atomic E-state index is 12.9. The van der Waals surface area contributed by atoms with Crippen molar-refractivity contribution >= 4 is 39.1 Å². The van der Waals surface area contributed by atoms with E-state index in [4.69, 9.17) is 11.6 Å². The molecule has 1 atom stereocenters. The lowest BCUT2D eigenvalue weighted by atomic mass is 10.1. The van der Waals surface area contributed by atoms with E-state index in [0.717, 1.165) is 11.0 Å². The Kier molecular flexibility index (Phi) is 3.60. The first-order valence-corrected chi connectivity index (χ1v) is 6.39. The number of rotatable bonds is 1. The number of benzene rings is 1. The first-order chi connectivity index (χ1) is 8.29. The molecular weight excluding hydrogens is 334 g/mol. The second-order valence-electron chi connectivity index (χ2n) is 3.96. The maximum absolute atomic E-state index is 12.9. The lowest BCUT2D eigenvalue weighted by Crippen LogP contribution is -2.27. The van der Waals surface area contributed by atoms with Crippen molar-refractivity contribution in [1.29, 1.82) is 0 Å². The van der Waals surface area contributed by atoms with Crippen LogP contribution in [0.5, 0.6) is 0 Å². The van der Waals surface area contributed by atoms with Gasteiger partial charge in [0.25, 0.3) is 0 Å². The summed E-state index contributed by atoms with van der Waals surface area (Å²) in [5.41, 5.74) is -1.02. The third kappa shape index (κ3) is 2.64. The molecule has 1 aromatic carbocycles. The first kappa shape index (κ1) is 13.7. The maximum Gasteiger partial charge on any atom is 0.418 e. The summed E-state index contributed by atoms with van der Waals surface area (Å²) in [7, 11) is 0. The van der Waals surface area contributed by atoms with Crippen molar-refractivity contribution in [3.05, 3.63) is 28.8 Å². The van der Waals surface area contributed by atoms with Crippen LogP contribution in [0.15, 0.2) is 18.2 Å². The summed E-state index contributed by atoms with van der Waals surface area (Å²) in [5.74, 6) is -0.329. The van der Waals surface area contributed by atoms with Crippen LogP contribution >= 0.6 is 27.5 Å². The van der Waals surface area contributed by atoms with E-state index in [1.807, 2.05) is 0 Å². The molecule has 0 aromatic heterocycles. The molecule has 1 aromatic rings. The lowest BCUT2D eigenvalue weighted by molar-refractivity contribution is -0.137. The molecular formula is C11H8BrClF3NO. The largest absolute Gasteiger partial charge is 0.418 e. The second-order valence-corrected chi connectivity index (χ2v) is 5.70. The smallest absolute Gasteiger partial charge is 0.311 e. The summed E-state index contributed by atoms with van der Waals surface area (Å²) in [5, 5.41) is -0.00638. The topological polar surface area (TPSA) is 20.3 Å². The Morgan fingerprint density at radius 1 is 1.39 bits per heavy atom. The fraction of sp³-hybridized carbons (Fsp3) is 0.364. The van der Waals surface area contributed by atoms with E-state index >= 15 is 0 Å². The van der Waals surface area contributed by atoms with Gasteiger partial charge < -0.3 is 4.90 Å². The molecule has 98 valence electrons. The van der Waals surface area contributed by atoms with E-state index in [1.165, 1.54) is 12.1 Å². The Balaban J connectivity index is 2.48. The van der Waals surface area contributed by atoms with E-state index in [0.29, 0.717) is 0 Å². The van der Waals surface area contributed by atoms with Crippen LogP contribution in [0, 0.1) is 0 Å². The van der Waals surface area contributed by atoms with Crippen LogP contribution in [0.25, 0.3) is 0 Å². The van der Waals surface area contributed by atoms with Crippen LogP contribution in [-0.4, -0.2) is 17.3 Å². The number of carbonyl (C=O) groups excluding carboxylic acids is 1. The lowest BCUT2D eigenvalue weighted by Gasteiger charge is -2.21. The Morgan fingerprint density at radius 3 is 2.56 bits per heavy atom. The minimum Gasteiger partial charge on any atom is -0.311 e. The minimum atomic E-state index is -4.54. The Morgan fingerprint density at radius 2 is 2.06 bits per heavy atom. The summed E-state index contributed by atoms with van der Waals surface area (Å²) in [6.45, 7) is 0.226. The molecule has 2 rings (SSSR count). The van der Waals surface area contributed by atoms with E-state index in [2.05, 4.69) is 15.9 Å². The zero-order valence-electron chi connectivity index (χ0n) is 8.97. The van der Waals surface area contributed by atoms with Crippen LogP contribution in [0.1, 0.15) is 12.0 Å². The Labute approximate surface area is 115 Å². The van der Waals surface area contributed by atoms with Crippen molar-refractivity contribution < 1.29 is 18.0 Å². The normalized spacial score (nSPS) is 20.6.